The Morgan fingerprint density at radius 2 is 1.79 bits per heavy atom. The molecule has 0 bridgehead atoms. The van der Waals surface area contributed by atoms with E-state index in [1.807, 2.05) is 0 Å². The van der Waals surface area contributed by atoms with Crippen LogP contribution in [0, 0.1) is 5.82 Å². The zero-order valence-electron chi connectivity index (χ0n) is 12.3. The third-order valence-electron chi connectivity index (χ3n) is 3.48. The predicted octanol–water partition coefficient (Wildman–Crippen LogP) is 2.96. The Kier molecular flexibility index (Phi) is 4.22. The van der Waals surface area contributed by atoms with Gasteiger partial charge in [0.05, 0.1) is 6.54 Å². The van der Waals surface area contributed by atoms with Crippen LogP contribution in [-0.2, 0) is 16.1 Å². The molecule has 2 N–H and O–H groups in total. The zero-order chi connectivity index (χ0) is 17.3. The zero-order valence-corrected chi connectivity index (χ0v) is 13.0. The summed E-state index contributed by atoms with van der Waals surface area (Å²) in [6.45, 7) is -0.0145. The van der Waals surface area contributed by atoms with Crippen LogP contribution in [0.25, 0.3) is 0 Å². The Morgan fingerprint density at radius 3 is 2.46 bits per heavy atom. The predicted molar refractivity (Wildman–Crippen MR) is 86.6 cm³/mol. The van der Waals surface area contributed by atoms with Crippen molar-refractivity contribution in [3.8, 4) is 5.75 Å². The van der Waals surface area contributed by atoms with Crippen molar-refractivity contribution < 1.29 is 19.1 Å². The second-order valence-electron chi connectivity index (χ2n) is 5.19. The van der Waals surface area contributed by atoms with Gasteiger partial charge in [0, 0.05) is 11.8 Å². The monoisotopic (exact) mass is 346 g/mol. The van der Waals surface area contributed by atoms with Crippen LogP contribution in [0.4, 0.5) is 10.1 Å². The van der Waals surface area contributed by atoms with Crippen molar-refractivity contribution in [3.05, 3.63) is 70.6 Å². The smallest absolute Gasteiger partial charge is 0.279 e. The molecule has 1 aliphatic heterocycles. The Morgan fingerprint density at radius 1 is 1.08 bits per heavy atom. The van der Waals surface area contributed by atoms with E-state index in [0.29, 0.717) is 11.3 Å². The maximum absolute atomic E-state index is 12.9. The summed E-state index contributed by atoms with van der Waals surface area (Å²) in [6.07, 6.45) is 0. The summed E-state index contributed by atoms with van der Waals surface area (Å²) in [5.74, 6) is -1.61. The summed E-state index contributed by atoms with van der Waals surface area (Å²) in [5, 5.41) is 12.0. The van der Waals surface area contributed by atoms with E-state index in [0.717, 1.165) is 4.90 Å². The van der Waals surface area contributed by atoms with E-state index < -0.39 is 17.6 Å². The van der Waals surface area contributed by atoms with E-state index in [2.05, 4.69) is 5.32 Å². The number of aromatic hydroxyl groups is 1. The number of phenolic OH excluding ortho intramolecular Hbond substituents is 1. The van der Waals surface area contributed by atoms with Gasteiger partial charge in [-0.05, 0) is 29.8 Å². The molecular formula is C17H12ClFN2O3. The summed E-state index contributed by atoms with van der Waals surface area (Å²) in [4.78, 5) is 25.6. The topological polar surface area (TPSA) is 69.6 Å². The lowest BCUT2D eigenvalue weighted by Gasteiger charge is -2.15. The highest BCUT2D eigenvalue weighted by molar-refractivity contribution is 6.48. The highest BCUT2D eigenvalue weighted by Crippen LogP contribution is 2.28. The molecule has 0 spiro atoms. The molecule has 0 aliphatic carbocycles. The fourth-order valence-corrected chi connectivity index (χ4v) is 2.53. The van der Waals surface area contributed by atoms with Crippen molar-refractivity contribution in [3.63, 3.8) is 0 Å². The minimum Gasteiger partial charge on any atom is -0.508 e. The number of carbonyl (C=O) groups is 2. The maximum atomic E-state index is 12.9. The van der Waals surface area contributed by atoms with E-state index in [9.17, 15) is 19.1 Å². The number of benzene rings is 2. The second-order valence-corrected chi connectivity index (χ2v) is 5.57. The number of phenols is 1. The summed E-state index contributed by atoms with van der Waals surface area (Å²) in [5.41, 5.74) is 0.962. The fraction of sp³-hybridized carbons (Fsp3) is 0.0588. The summed E-state index contributed by atoms with van der Waals surface area (Å²) in [6, 6.07) is 11.6. The molecule has 0 atom stereocenters. The van der Waals surface area contributed by atoms with Gasteiger partial charge in [0.1, 0.15) is 22.3 Å². The number of anilines is 1. The quantitative estimate of drug-likeness (QED) is 0.835. The highest BCUT2D eigenvalue weighted by atomic mass is 35.5. The first kappa shape index (κ1) is 16.0. The van der Waals surface area contributed by atoms with Crippen molar-refractivity contribution in [2.45, 2.75) is 6.54 Å². The average Bonchev–Trinajstić information content (AvgIpc) is 2.75. The second kappa shape index (κ2) is 6.33. The van der Waals surface area contributed by atoms with Gasteiger partial charge in [0.2, 0.25) is 0 Å². The molecule has 2 amide bonds. The Balaban J connectivity index is 1.80. The molecule has 0 unspecified atom stereocenters. The number of hydrogen-bond donors (Lipinski definition) is 2. The van der Waals surface area contributed by atoms with E-state index in [-0.39, 0.29) is 23.0 Å². The van der Waals surface area contributed by atoms with Gasteiger partial charge in [-0.25, -0.2) is 4.39 Å². The molecule has 122 valence electrons. The first-order valence-electron chi connectivity index (χ1n) is 7.02. The first-order valence-corrected chi connectivity index (χ1v) is 7.40. The molecule has 3 rings (SSSR count). The average molecular weight is 347 g/mol. The number of rotatable bonds is 4. The van der Waals surface area contributed by atoms with Crippen molar-refractivity contribution in [2.75, 3.05) is 5.32 Å². The molecular weight excluding hydrogens is 335 g/mol. The molecule has 5 nitrogen and oxygen atoms in total. The van der Waals surface area contributed by atoms with Crippen molar-refractivity contribution in [2.24, 2.45) is 0 Å². The number of carbonyl (C=O) groups excluding carboxylic acids is 2. The number of amides is 2. The lowest BCUT2D eigenvalue weighted by molar-refractivity contribution is -0.138. The van der Waals surface area contributed by atoms with Crippen LogP contribution in [0.1, 0.15) is 5.56 Å². The van der Waals surface area contributed by atoms with Gasteiger partial charge in [-0.3, -0.25) is 14.5 Å². The van der Waals surface area contributed by atoms with E-state index in [1.54, 1.807) is 12.1 Å². The van der Waals surface area contributed by atoms with E-state index >= 15 is 0 Å². The number of nitrogens with one attached hydrogen (secondary N) is 1. The molecule has 24 heavy (non-hydrogen) atoms. The molecule has 7 heteroatoms. The van der Waals surface area contributed by atoms with Gasteiger partial charge in [0.25, 0.3) is 11.8 Å². The minimum absolute atomic E-state index is 0.0108. The number of imide groups is 1. The first-order chi connectivity index (χ1) is 11.5. The van der Waals surface area contributed by atoms with E-state index in [1.165, 1.54) is 36.4 Å². The van der Waals surface area contributed by atoms with Crippen LogP contribution in [0.15, 0.2) is 59.3 Å². The minimum atomic E-state index is -0.631. The lowest BCUT2D eigenvalue weighted by Crippen LogP contribution is -2.31. The molecule has 1 aliphatic rings. The van der Waals surface area contributed by atoms with Crippen LogP contribution < -0.4 is 5.32 Å². The van der Waals surface area contributed by atoms with Crippen molar-refractivity contribution in [1.29, 1.82) is 0 Å². The molecule has 0 radical (unpaired) electrons. The standard InChI is InChI=1S/C17H12ClFN2O3/c18-14-15(20-12-2-1-3-13(22)8-12)17(24)21(16(14)23)9-10-4-6-11(19)7-5-10/h1-8,20,22H,9H2. The van der Waals surface area contributed by atoms with Crippen LogP contribution in [0.2, 0.25) is 0 Å². The maximum Gasteiger partial charge on any atom is 0.279 e. The summed E-state index contributed by atoms with van der Waals surface area (Å²) < 4.78 is 12.9. The van der Waals surface area contributed by atoms with Gasteiger partial charge >= 0.3 is 0 Å². The Hall–Kier alpha value is -2.86. The number of hydrogen-bond acceptors (Lipinski definition) is 4. The van der Waals surface area contributed by atoms with Crippen molar-refractivity contribution in [1.82, 2.24) is 4.90 Å². The molecule has 0 fully saturated rings. The summed E-state index contributed by atoms with van der Waals surface area (Å²) in [7, 11) is 0. The van der Waals surface area contributed by atoms with Gasteiger partial charge in [0.15, 0.2) is 0 Å². The largest absolute Gasteiger partial charge is 0.508 e. The number of halogens is 2. The molecule has 2 aromatic carbocycles. The van der Waals surface area contributed by atoms with Gasteiger partial charge in [-0.1, -0.05) is 29.8 Å². The molecule has 0 saturated carbocycles. The fourth-order valence-electron chi connectivity index (χ4n) is 2.30. The SMILES string of the molecule is O=C1C(Cl)=C(Nc2cccc(O)c2)C(=O)N1Cc1ccc(F)cc1. The van der Waals surface area contributed by atoms with Gasteiger partial charge in [-0.2, -0.15) is 0 Å². The Labute approximate surface area is 142 Å². The lowest BCUT2D eigenvalue weighted by atomic mass is 10.2. The van der Waals surface area contributed by atoms with Crippen molar-refractivity contribution >= 4 is 29.1 Å². The van der Waals surface area contributed by atoms with E-state index in [4.69, 9.17) is 11.6 Å². The number of nitrogens with zero attached hydrogens (tertiary/aromatic N) is 1. The summed E-state index contributed by atoms with van der Waals surface area (Å²) >= 11 is 5.98. The van der Waals surface area contributed by atoms with Crippen LogP contribution in [0.3, 0.4) is 0 Å². The molecule has 1 heterocycles. The van der Waals surface area contributed by atoms with Gasteiger partial charge in [-0.15, -0.1) is 0 Å². The van der Waals surface area contributed by atoms with Crippen LogP contribution in [0.5, 0.6) is 5.75 Å². The highest BCUT2D eigenvalue weighted by Gasteiger charge is 2.37. The van der Waals surface area contributed by atoms with Crippen LogP contribution in [-0.4, -0.2) is 21.8 Å². The normalized spacial score (nSPS) is 14.5. The molecule has 0 saturated heterocycles. The van der Waals surface area contributed by atoms with Crippen LogP contribution >= 0.6 is 11.6 Å². The third-order valence-corrected chi connectivity index (χ3v) is 3.83. The molecule has 2 aromatic rings. The third kappa shape index (κ3) is 3.09. The Bertz CT molecular complexity index is 849. The molecule has 0 aromatic heterocycles. The van der Waals surface area contributed by atoms with Gasteiger partial charge < -0.3 is 10.4 Å².